The zero-order valence-corrected chi connectivity index (χ0v) is 22.9. The lowest BCUT2D eigenvalue weighted by atomic mass is 9.87. The molecule has 1 amide bonds. The van der Waals surface area contributed by atoms with Gasteiger partial charge in [-0.25, -0.2) is 4.98 Å². The molecule has 0 saturated heterocycles. The molecular weight excluding hydrogens is 490 g/mol. The van der Waals surface area contributed by atoms with Crippen LogP contribution in [0.2, 0.25) is 0 Å². The van der Waals surface area contributed by atoms with Crippen LogP contribution in [-0.2, 0) is 14.9 Å². The quantitative estimate of drug-likeness (QED) is 0.373. The highest BCUT2D eigenvalue weighted by atomic mass is 16.6. The average Bonchev–Trinajstić information content (AvgIpc) is 3.39. The van der Waals surface area contributed by atoms with Gasteiger partial charge in [0.25, 0.3) is 5.91 Å². The fourth-order valence-electron chi connectivity index (χ4n) is 4.33. The largest absolute Gasteiger partial charge is 0.463 e. The van der Waals surface area contributed by atoms with Gasteiger partial charge < -0.3 is 18.8 Å². The first-order chi connectivity index (χ1) is 18.7. The van der Waals surface area contributed by atoms with Gasteiger partial charge in [-0.2, -0.15) is 0 Å². The first-order valence-corrected chi connectivity index (χ1v) is 13.0. The van der Waals surface area contributed by atoms with E-state index in [1.165, 1.54) is 18.1 Å². The molecule has 1 aliphatic heterocycles. The van der Waals surface area contributed by atoms with Crippen LogP contribution in [0.3, 0.4) is 0 Å². The average molecular weight is 524 g/mol. The number of benzene rings is 2. The summed E-state index contributed by atoms with van der Waals surface area (Å²) >= 11 is 0. The van der Waals surface area contributed by atoms with Crippen LogP contribution in [0, 0.1) is 0 Å². The van der Waals surface area contributed by atoms with Crippen LogP contribution in [0.4, 0.5) is 5.69 Å². The highest BCUT2D eigenvalue weighted by molar-refractivity contribution is 5.99. The number of nitrogens with one attached hydrogen (secondary N) is 1. The lowest BCUT2D eigenvalue weighted by Gasteiger charge is -2.19. The maximum absolute atomic E-state index is 13.6. The Hall–Kier alpha value is -4.52. The van der Waals surface area contributed by atoms with Gasteiger partial charge in [0.15, 0.2) is 23.5 Å². The summed E-state index contributed by atoms with van der Waals surface area (Å²) in [4.78, 5) is 20.2. The van der Waals surface area contributed by atoms with Gasteiger partial charge in [-0.05, 0) is 53.7 Å². The van der Waals surface area contributed by atoms with E-state index in [9.17, 15) is 4.79 Å². The Bertz CT molecular complexity index is 1500. The second-order valence-electron chi connectivity index (χ2n) is 10.8. The molecule has 0 fully saturated rings. The first kappa shape index (κ1) is 26.1. The summed E-state index contributed by atoms with van der Waals surface area (Å²) in [5, 5.41) is 2.80. The third-order valence-electron chi connectivity index (χ3n) is 6.60. The monoisotopic (exact) mass is 523 g/mol. The molecule has 0 bridgehead atoms. The van der Waals surface area contributed by atoms with E-state index in [0.29, 0.717) is 17.4 Å². The van der Waals surface area contributed by atoms with Crippen LogP contribution in [0.5, 0.6) is 0 Å². The predicted molar refractivity (Wildman–Crippen MR) is 153 cm³/mol. The molecule has 0 unspecified atom stereocenters. The number of carbonyl (C=O) groups excluding carboxylic acids is 1. The number of ether oxygens (including phenoxy) is 2. The molecule has 2 aliphatic rings. The minimum Gasteiger partial charge on any atom is -0.463 e. The molecule has 5 rings (SSSR count). The molecule has 0 spiro atoms. The zero-order chi connectivity index (χ0) is 27.6. The molecule has 39 heavy (non-hydrogen) atoms. The Morgan fingerprint density at radius 1 is 1.03 bits per heavy atom. The number of aromatic nitrogens is 1. The molecule has 7 heteroatoms. The van der Waals surface area contributed by atoms with Crippen molar-refractivity contribution in [3.8, 4) is 22.8 Å². The number of hydrogen-bond donors (Lipinski definition) is 1. The van der Waals surface area contributed by atoms with Crippen LogP contribution in [0.25, 0.3) is 22.8 Å². The number of allylic oxidation sites excluding steroid dienone is 4. The van der Waals surface area contributed by atoms with Gasteiger partial charge in [-0.1, -0.05) is 63.3 Å². The number of oxazole rings is 1. The van der Waals surface area contributed by atoms with Crippen molar-refractivity contribution in [2.45, 2.75) is 39.0 Å². The Morgan fingerprint density at radius 2 is 1.82 bits per heavy atom. The van der Waals surface area contributed by atoms with E-state index < -0.39 is 5.91 Å². The third-order valence-corrected chi connectivity index (χ3v) is 6.60. The summed E-state index contributed by atoms with van der Waals surface area (Å²) in [6.45, 7) is 6.50. The van der Waals surface area contributed by atoms with Crippen molar-refractivity contribution in [3.63, 3.8) is 0 Å². The number of amides is 1. The number of nitrogens with zero attached hydrogens (tertiary/aromatic N) is 2. The summed E-state index contributed by atoms with van der Waals surface area (Å²) in [6.07, 6.45) is 10.7. The minimum absolute atomic E-state index is 0.0188. The smallest absolute Gasteiger partial charge is 0.280 e. The molecule has 1 N–H and O–H groups in total. The van der Waals surface area contributed by atoms with Gasteiger partial charge in [0.05, 0.1) is 0 Å². The number of rotatable bonds is 6. The van der Waals surface area contributed by atoms with Crippen molar-refractivity contribution in [3.05, 3.63) is 108 Å². The Balaban J connectivity index is 1.47. The third kappa shape index (κ3) is 5.82. The SMILES string of the molecule is CN(C)c1cccc(-c2oc(-c3ccc(C(C)(C)C)cc3)nc2C(=O)NC2=COC=C(C3=CC=CCC3)O2)c1. The fourth-order valence-corrected chi connectivity index (χ4v) is 4.33. The summed E-state index contributed by atoms with van der Waals surface area (Å²) in [5.74, 6) is 1.02. The maximum Gasteiger partial charge on any atom is 0.280 e. The van der Waals surface area contributed by atoms with E-state index in [1.54, 1.807) is 0 Å². The summed E-state index contributed by atoms with van der Waals surface area (Å²) < 4.78 is 17.7. The topological polar surface area (TPSA) is 76.8 Å². The summed E-state index contributed by atoms with van der Waals surface area (Å²) in [5.41, 5.74) is 4.87. The van der Waals surface area contributed by atoms with E-state index in [-0.39, 0.29) is 17.0 Å². The van der Waals surface area contributed by atoms with E-state index in [4.69, 9.17) is 13.9 Å². The van der Waals surface area contributed by atoms with Crippen LogP contribution in [0.15, 0.2) is 101 Å². The Labute approximate surface area is 229 Å². The number of carbonyl (C=O) groups is 1. The van der Waals surface area contributed by atoms with Crippen molar-refractivity contribution >= 4 is 11.6 Å². The summed E-state index contributed by atoms with van der Waals surface area (Å²) in [7, 11) is 3.93. The molecule has 0 atom stereocenters. The number of hydrogen-bond acceptors (Lipinski definition) is 6. The lowest BCUT2D eigenvalue weighted by molar-refractivity contribution is 0.0921. The van der Waals surface area contributed by atoms with Gasteiger partial charge >= 0.3 is 0 Å². The molecule has 2 aromatic carbocycles. The minimum atomic E-state index is -0.463. The molecule has 3 aromatic rings. The van der Waals surface area contributed by atoms with Crippen molar-refractivity contribution in [1.82, 2.24) is 10.3 Å². The van der Waals surface area contributed by atoms with Crippen molar-refractivity contribution in [1.29, 1.82) is 0 Å². The molecule has 1 aromatic heterocycles. The second kappa shape index (κ2) is 10.7. The maximum atomic E-state index is 13.6. The van der Waals surface area contributed by atoms with Gasteiger partial charge in [-0.3, -0.25) is 10.1 Å². The summed E-state index contributed by atoms with van der Waals surface area (Å²) in [6, 6.07) is 15.9. The highest BCUT2D eigenvalue weighted by Gasteiger charge is 2.26. The first-order valence-electron chi connectivity index (χ1n) is 13.0. The van der Waals surface area contributed by atoms with Crippen molar-refractivity contribution in [2.24, 2.45) is 0 Å². The van der Waals surface area contributed by atoms with E-state index >= 15 is 0 Å². The van der Waals surface area contributed by atoms with Crippen molar-refractivity contribution < 1.29 is 18.7 Å². The molecule has 7 nitrogen and oxygen atoms in total. The lowest BCUT2D eigenvalue weighted by Crippen LogP contribution is -2.26. The number of anilines is 1. The molecule has 0 radical (unpaired) electrons. The van der Waals surface area contributed by atoms with E-state index in [2.05, 4.69) is 49.3 Å². The van der Waals surface area contributed by atoms with Gasteiger partial charge in [-0.15, -0.1) is 0 Å². The molecule has 1 aliphatic carbocycles. The van der Waals surface area contributed by atoms with Crippen LogP contribution >= 0.6 is 0 Å². The molecular formula is C32H33N3O4. The van der Waals surface area contributed by atoms with Crippen LogP contribution in [0.1, 0.15) is 49.7 Å². The molecule has 2 heterocycles. The fraction of sp³-hybridized carbons (Fsp3) is 0.250. The normalized spacial score (nSPS) is 14.9. The Morgan fingerprint density at radius 3 is 2.51 bits per heavy atom. The molecule has 200 valence electrons. The standard InChI is InChI=1S/C32H33N3O4/c1-32(2,3)24-16-14-22(15-17-24)31-34-28(29(39-31)23-12-9-13-25(18-23)35(4)5)30(36)33-27-20-37-19-26(38-27)21-10-7-6-8-11-21/h6-7,9-10,12-20H,8,11H2,1-5H3,(H,33,36). The Kier molecular flexibility index (Phi) is 7.15. The van der Waals surface area contributed by atoms with Gasteiger partial charge in [0, 0.05) is 30.9 Å². The van der Waals surface area contributed by atoms with Crippen molar-refractivity contribution in [2.75, 3.05) is 19.0 Å². The molecule has 0 saturated carbocycles. The highest BCUT2D eigenvalue weighted by Crippen LogP contribution is 2.33. The second-order valence-corrected chi connectivity index (χ2v) is 10.8. The van der Waals surface area contributed by atoms with Crippen LogP contribution < -0.4 is 10.2 Å². The van der Waals surface area contributed by atoms with E-state index in [0.717, 1.165) is 35.2 Å². The van der Waals surface area contributed by atoms with Gasteiger partial charge in [0.1, 0.15) is 6.26 Å². The zero-order valence-electron chi connectivity index (χ0n) is 22.9. The predicted octanol–water partition coefficient (Wildman–Crippen LogP) is 7.07. The van der Waals surface area contributed by atoms with Crippen LogP contribution in [-0.4, -0.2) is 25.0 Å². The van der Waals surface area contributed by atoms with Gasteiger partial charge in [0.2, 0.25) is 11.8 Å². The van der Waals surface area contributed by atoms with E-state index in [1.807, 2.05) is 67.5 Å².